The molecule has 4 aromatic rings. The first-order valence-corrected chi connectivity index (χ1v) is 8.26. The second kappa shape index (κ2) is 6.18. The number of aromatic nitrogens is 4. The van der Waals surface area contributed by atoms with Crippen molar-refractivity contribution in [1.29, 1.82) is 0 Å². The van der Waals surface area contributed by atoms with Gasteiger partial charge in [0.05, 0.1) is 24.1 Å². The van der Waals surface area contributed by atoms with Crippen LogP contribution in [-0.2, 0) is 6.54 Å². The smallest absolute Gasteiger partial charge is 0.265 e. The molecule has 0 bridgehead atoms. The van der Waals surface area contributed by atoms with Gasteiger partial charge in [0, 0.05) is 10.4 Å². The highest BCUT2D eigenvalue weighted by Gasteiger charge is 2.15. The lowest BCUT2D eigenvalue weighted by Crippen LogP contribution is -2.26. The normalized spacial score (nSPS) is 11.1. The van der Waals surface area contributed by atoms with E-state index in [-0.39, 0.29) is 5.56 Å². The Labute approximate surface area is 149 Å². The topological polar surface area (TPSA) is 52.7 Å². The lowest BCUT2D eigenvalue weighted by Gasteiger charge is -2.09. The number of aryl methyl sites for hydroxylation is 1. The highest BCUT2D eigenvalue weighted by molar-refractivity contribution is 6.30. The molecule has 0 spiro atoms. The predicted octanol–water partition coefficient (Wildman–Crippen LogP) is 3.59. The Balaban J connectivity index is 1.92. The van der Waals surface area contributed by atoms with E-state index in [1.54, 1.807) is 23.0 Å². The van der Waals surface area contributed by atoms with E-state index in [4.69, 9.17) is 11.6 Å². The third-order valence-electron chi connectivity index (χ3n) is 4.09. The van der Waals surface area contributed by atoms with Crippen molar-refractivity contribution in [3.63, 3.8) is 0 Å². The molecule has 0 atom stereocenters. The average molecular weight is 351 g/mol. The summed E-state index contributed by atoms with van der Waals surface area (Å²) in [6.07, 6.45) is 1.67. The van der Waals surface area contributed by atoms with Gasteiger partial charge in [-0.25, -0.2) is 9.36 Å². The van der Waals surface area contributed by atoms with Gasteiger partial charge in [-0.3, -0.25) is 4.79 Å². The van der Waals surface area contributed by atoms with Gasteiger partial charge in [-0.2, -0.15) is 10.2 Å². The Morgan fingerprint density at radius 1 is 1.08 bits per heavy atom. The maximum absolute atomic E-state index is 13.0. The molecule has 0 saturated heterocycles. The summed E-state index contributed by atoms with van der Waals surface area (Å²) >= 11 is 6.09. The van der Waals surface area contributed by atoms with E-state index < -0.39 is 0 Å². The number of hydrogen-bond acceptors (Lipinski definition) is 3. The van der Waals surface area contributed by atoms with Gasteiger partial charge >= 0.3 is 0 Å². The van der Waals surface area contributed by atoms with Gasteiger partial charge in [-0.05, 0) is 30.7 Å². The largest absolute Gasteiger partial charge is 0.293 e. The number of nitrogens with zero attached hydrogens (tertiary/aromatic N) is 4. The lowest BCUT2D eigenvalue weighted by atomic mass is 10.2. The van der Waals surface area contributed by atoms with Crippen molar-refractivity contribution in [2.24, 2.45) is 0 Å². The molecule has 2 aromatic carbocycles. The molecule has 124 valence electrons. The van der Waals surface area contributed by atoms with Gasteiger partial charge in [0.2, 0.25) is 0 Å². The summed E-state index contributed by atoms with van der Waals surface area (Å²) in [6.45, 7) is 2.30. The quantitative estimate of drug-likeness (QED) is 0.567. The van der Waals surface area contributed by atoms with Crippen molar-refractivity contribution in [3.05, 3.63) is 87.4 Å². The minimum atomic E-state index is -0.179. The molecular formula is C19H15ClN4O. The first kappa shape index (κ1) is 15.6. The van der Waals surface area contributed by atoms with E-state index in [0.29, 0.717) is 17.1 Å². The summed E-state index contributed by atoms with van der Waals surface area (Å²) in [5, 5.41) is 10.2. The molecule has 4 rings (SSSR count). The van der Waals surface area contributed by atoms with Gasteiger partial charge in [0.1, 0.15) is 5.52 Å². The Morgan fingerprint density at radius 2 is 1.88 bits per heavy atom. The number of fused-ring (bicyclic) bond motifs is 1. The molecule has 0 aliphatic rings. The summed E-state index contributed by atoms with van der Waals surface area (Å²) in [5.41, 5.74) is 2.85. The molecule has 25 heavy (non-hydrogen) atoms. The first-order valence-electron chi connectivity index (χ1n) is 7.89. The van der Waals surface area contributed by atoms with Crippen LogP contribution in [0.15, 0.2) is 65.6 Å². The highest BCUT2D eigenvalue weighted by Crippen LogP contribution is 2.19. The van der Waals surface area contributed by atoms with Crippen molar-refractivity contribution < 1.29 is 0 Å². The van der Waals surface area contributed by atoms with Crippen LogP contribution in [-0.4, -0.2) is 19.6 Å². The van der Waals surface area contributed by atoms with Crippen molar-refractivity contribution in [2.45, 2.75) is 13.5 Å². The Bertz CT molecular complexity index is 1120. The van der Waals surface area contributed by atoms with Crippen molar-refractivity contribution >= 4 is 22.5 Å². The maximum Gasteiger partial charge on any atom is 0.293 e. The summed E-state index contributed by atoms with van der Waals surface area (Å²) in [6, 6.07) is 17.1. The molecule has 0 fully saturated rings. The van der Waals surface area contributed by atoms with Crippen molar-refractivity contribution in [3.8, 4) is 5.69 Å². The molecule has 2 aromatic heterocycles. The van der Waals surface area contributed by atoms with Gasteiger partial charge in [-0.1, -0.05) is 48.0 Å². The van der Waals surface area contributed by atoms with E-state index in [9.17, 15) is 4.79 Å². The van der Waals surface area contributed by atoms with Crippen LogP contribution in [0.2, 0.25) is 5.02 Å². The molecule has 0 amide bonds. The molecule has 0 saturated carbocycles. The number of rotatable bonds is 3. The van der Waals surface area contributed by atoms with Crippen LogP contribution in [0.1, 0.15) is 11.3 Å². The van der Waals surface area contributed by atoms with Gasteiger partial charge in [0.15, 0.2) is 0 Å². The summed E-state index contributed by atoms with van der Waals surface area (Å²) in [7, 11) is 0. The van der Waals surface area contributed by atoms with Gasteiger partial charge < -0.3 is 0 Å². The molecular weight excluding hydrogens is 336 g/mol. The fourth-order valence-electron chi connectivity index (χ4n) is 2.89. The Kier molecular flexibility index (Phi) is 3.86. The summed E-state index contributed by atoms with van der Waals surface area (Å²) in [5.74, 6) is 0. The van der Waals surface area contributed by atoms with Crippen LogP contribution in [0.4, 0.5) is 0 Å². The molecule has 0 unspecified atom stereocenters. The van der Waals surface area contributed by atoms with E-state index in [0.717, 1.165) is 22.3 Å². The van der Waals surface area contributed by atoms with Gasteiger partial charge in [-0.15, -0.1) is 0 Å². The standard InChI is InChI=1S/C19H15ClN4O/c1-13-17-11-21-24(16-9-5-8-15(20)10-16)18(17)19(25)23(22-13)12-14-6-3-2-4-7-14/h2-11H,12H2,1H3. The zero-order valence-corrected chi connectivity index (χ0v) is 14.3. The summed E-state index contributed by atoms with van der Waals surface area (Å²) < 4.78 is 3.11. The Hall–Kier alpha value is -2.92. The fraction of sp³-hybridized carbons (Fsp3) is 0.105. The van der Waals surface area contributed by atoms with Crippen LogP contribution in [0.3, 0.4) is 0 Å². The van der Waals surface area contributed by atoms with Crippen LogP contribution in [0.25, 0.3) is 16.6 Å². The van der Waals surface area contributed by atoms with Crippen molar-refractivity contribution in [2.75, 3.05) is 0 Å². The molecule has 2 heterocycles. The summed E-state index contributed by atoms with van der Waals surface area (Å²) in [4.78, 5) is 13.0. The number of halogens is 1. The van der Waals surface area contributed by atoms with E-state index >= 15 is 0 Å². The highest BCUT2D eigenvalue weighted by atomic mass is 35.5. The van der Waals surface area contributed by atoms with E-state index in [2.05, 4.69) is 10.2 Å². The molecule has 5 nitrogen and oxygen atoms in total. The van der Waals surface area contributed by atoms with E-state index in [1.807, 2.05) is 49.4 Å². The third-order valence-corrected chi connectivity index (χ3v) is 4.33. The minimum absolute atomic E-state index is 0.179. The molecule has 6 heteroatoms. The van der Waals surface area contributed by atoms with Crippen LogP contribution < -0.4 is 5.56 Å². The second-order valence-electron chi connectivity index (χ2n) is 5.83. The zero-order valence-electron chi connectivity index (χ0n) is 13.6. The predicted molar refractivity (Wildman–Crippen MR) is 98.4 cm³/mol. The van der Waals surface area contributed by atoms with Crippen LogP contribution in [0, 0.1) is 6.92 Å². The maximum atomic E-state index is 13.0. The molecule has 0 aliphatic carbocycles. The lowest BCUT2D eigenvalue weighted by molar-refractivity contribution is 0.634. The number of hydrogen-bond donors (Lipinski definition) is 0. The molecule has 0 N–H and O–H groups in total. The Morgan fingerprint density at radius 3 is 2.64 bits per heavy atom. The monoisotopic (exact) mass is 350 g/mol. The van der Waals surface area contributed by atoms with Crippen LogP contribution >= 0.6 is 11.6 Å². The number of benzene rings is 2. The minimum Gasteiger partial charge on any atom is -0.265 e. The fourth-order valence-corrected chi connectivity index (χ4v) is 3.07. The molecule has 0 aliphatic heterocycles. The second-order valence-corrected chi connectivity index (χ2v) is 6.27. The van der Waals surface area contributed by atoms with E-state index in [1.165, 1.54) is 4.68 Å². The first-order chi connectivity index (χ1) is 12.1. The van der Waals surface area contributed by atoms with Crippen molar-refractivity contribution in [1.82, 2.24) is 19.6 Å². The zero-order chi connectivity index (χ0) is 17.4. The average Bonchev–Trinajstić information content (AvgIpc) is 3.06. The van der Waals surface area contributed by atoms with Crippen LogP contribution in [0.5, 0.6) is 0 Å². The molecule has 0 radical (unpaired) electrons. The van der Waals surface area contributed by atoms with Gasteiger partial charge in [0.25, 0.3) is 5.56 Å². The SMILES string of the molecule is Cc1nn(Cc2ccccc2)c(=O)c2c1cnn2-c1cccc(Cl)c1. The third kappa shape index (κ3) is 2.83.